The number of anilines is 1. The van der Waals surface area contributed by atoms with E-state index < -0.39 is 16.4 Å². The number of hydrogen-bond acceptors (Lipinski definition) is 4. The van der Waals surface area contributed by atoms with Crippen molar-refractivity contribution in [1.29, 1.82) is 0 Å². The van der Waals surface area contributed by atoms with Crippen molar-refractivity contribution >= 4 is 34.1 Å². The number of halogens is 3. The highest BCUT2D eigenvalue weighted by Crippen LogP contribution is 2.35. The fourth-order valence-electron chi connectivity index (χ4n) is 0.694. The van der Waals surface area contributed by atoms with Crippen molar-refractivity contribution in [2.75, 3.05) is 11.9 Å². The number of carbonyl (C=O) groups is 1. The summed E-state index contributed by atoms with van der Waals surface area (Å²) in [5.41, 5.74) is 0. The number of alkyl halides is 3. The Morgan fingerprint density at radius 3 is 2.81 bits per heavy atom. The van der Waals surface area contributed by atoms with Crippen LogP contribution in [0.1, 0.15) is 5.01 Å². The summed E-state index contributed by atoms with van der Waals surface area (Å²) in [6.45, 7) is 3.64. The third-order valence-corrected chi connectivity index (χ3v) is 2.49. The molecule has 0 unspecified atom stereocenters. The summed E-state index contributed by atoms with van der Waals surface area (Å²) in [7, 11) is 0. The van der Waals surface area contributed by atoms with Crippen LogP contribution in [0.5, 0.6) is 0 Å². The molecule has 1 rings (SSSR count). The van der Waals surface area contributed by atoms with Gasteiger partial charge in [-0.15, -0.1) is 16.8 Å². The Balaban J connectivity index is 2.59. The minimum Gasteiger partial charge on any atom is -0.334 e. The van der Waals surface area contributed by atoms with Gasteiger partial charge in [0.2, 0.25) is 10.1 Å². The van der Waals surface area contributed by atoms with Crippen LogP contribution in [0.3, 0.4) is 0 Å². The Kier molecular flexibility index (Phi) is 4.13. The Bertz CT molecular complexity index is 392. The summed E-state index contributed by atoms with van der Waals surface area (Å²) in [6.07, 6.45) is 1.47. The van der Waals surface area contributed by atoms with Gasteiger partial charge in [-0.2, -0.15) is 8.78 Å². The zero-order chi connectivity index (χ0) is 12.2. The monoisotopic (exact) mass is 268 g/mol. The first-order valence-corrected chi connectivity index (χ1v) is 5.19. The first-order valence-electron chi connectivity index (χ1n) is 4.00. The highest BCUT2D eigenvalue weighted by atomic mass is 35.5. The molecular formula is C7H7ClF2N4OS. The van der Waals surface area contributed by atoms with Crippen LogP contribution in [0.2, 0.25) is 0 Å². The molecule has 0 saturated carbocycles. The number of nitrogens with zero attached hydrogens (tertiary/aromatic N) is 2. The molecule has 2 amide bonds. The first-order chi connectivity index (χ1) is 7.43. The van der Waals surface area contributed by atoms with E-state index in [-0.39, 0.29) is 11.7 Å². The van der Waals surface area contributed by atoms with Gasteiger partial charge in [0.1, 0.15) is 0 Å². The number of nitrogens with one attached hydrogen (secondary N) is 2. The molecule has 0 spiro atoms. The SMILES string of the molecule is C=CCNC(=O)Nc1nnc(C(F)(F)Cl)s1. The Morgan fingerprint density at radius 1 is 1.62 bits per heavy atom. The van der Waals surface area contributed by atoms with Crippen LogP contribution in [0, 0.1) is 0 Å². The normalized spacial score (nSPS) is 10.9. The lowest BCUT2D eigenvalue weighted by atomic mass is 10.6. The summed E-state index contributed by atoms with van der Waals surface area (Å²) in [4.78, 5) is 11.1. The van der Waals surface area contributed by atoms with Gasteiger partial charge in [0.25, 0.3) is 0 Å². The predicted octanol–water partition coefficient (Wildman–Crippen LogP) is 2.13. The van der Waals surface area contributed by atoms with Crippen LogP contribution >= 0.6 is 22.9 Å². The quantitative estimate of drug-likeness (QED) is 0.649. The van der Waals surface area contributed by atoms with Crippen LogP contribution in [0.15, 0.2) is 12.7 Å². The van der Waals surface area contributed by atoms with E-state index in [2.05, 4.69) is 27.4 Å². The van der Waals surface area contributed by atoms with E-state index in [0.717, 1.165) is 0 Å². The average molecular weight is 269 g/mol. The van der Waals surface area contributed by atoms with Crippen LogP contribution in [0.4, 0.5) is 18.7 Å². The second-order valence-electron chi connectivity index (χ2n) is 2.53. The molecule has 88 valence electrons. The van der Waals surface area contributed by atoms with Crippen molar-refractivity contribution in [3.8, 4) is 0 Å². The van der Waals surface area contributed by atoms with Gasteiger partial charge in [-0.3, -0.25) is 5.32 Å². The summed E-state index contributed by atoms with van der Waals surface area (Å²) in [5, 5.41) is 6.78. The highest BCUT2D eigenvalue weighted by Gasteiger charge is 2.33. The molecule has 0 bridgehead atoms. The summed E-state index contributed by atoms with van der Waals surface area (Å²) in [5.74, 6) is 0. The molecule has 2 N–H and O–H groups in total. The molecule has 16 heavy (non-hydrogen) atoms. The molecular weight excluding hydrogens is 262 g/mol. The van der Waals surface area contributed by atoms with Crippen LogP contribution in [-0.4, -0.2) is 22.8 Å². The Hall–Kier alpha value is -1.28. The van der Waals surface area contributed by atoms with Gasteiger partial charge in [-0.05, 0) is 11.6 Å². The largest absolute Gasteiger partial charge is 0.375 e. The minimum atomic E-state index is -3.57. The fourth-order valence-corrected chi connectivity index (χ4v) is 1.45. The van der Waals surface area contributed by atoms with Crippen molar-refractivity contribution in [1.82, 2.24) is 15.5 Å². The summed E-state index contributed by atoms with van der Waals surface area (Å²) in [6, 6.07) is -0.583. The molecule has 9 heteroatoms. The molecule has 0 aliphatic carbocycles. The minimum absolute atomic E-state index is 0.0584. The molecule has 0 aromatic carbocycles. The van der Waals surface area contributed by atoms with Gasteiger partial charge >= 0.3 is 11.4 Å². The number of hydrogen-bond donors (Lipinski definition) is 2. The maximum Gasteiger partial charge on any atom is 0.375 e. The maximum atomic E-state index is 12.5. The number of rotatable bonds is 4. The van der Waals surface area contributed by atoms with Gasteiger partial charge < -0.3 is 5.32 Å². The molecule has 0 radical (unpaired) electrons. The molecule has 0 fully saturated rings. The molecule has 1 aromatic rings. The van der Waals surface area contributed by atoms with Gasteiger partial charge in [-0.25, -0.2) is 4.79 Å². The predicted molar refractivity (Wildman–Crippen MR) is 56.9 cm³/mol. The third-order valence-electron chi connectivity index (χ3n) is 1.29. The summed E-state index contributed by atoms with van der Waals surface area (Å²) < 4.78 is 25.1. The highest BCUT2D eigenvalue weighted by molar-refractivity contribution is 7.15. The van der Waals surface area contributed by atoms with E-state index >= 15 is 0 Å². The number of amides is 2. The Labute approximate surface area is 98.5 Å². The zero-order valence-electron chi connectivity index (χ0n) is 7.84. The number of urea groups is 1. The van der Waals surface area contributed by atoms with Crippen LogP contribution in [0.25, 0.3) is 0 Å². The molecule has 0 aliphatic rings. The lowest BCUT2D eigenvalue weighted by Gasteiger charge is -2.01. The number of carbonyl (C=O) groups excluding carboxylic acids is 1. The fraction of sp³-hybridized carbons (Fsp3) is 0.286. The second-order valence-corrected chi connectivity index (χ2v) is 3.99. The molecule has 1 heterocycles. The van der Waals surface area contributed by atoms with Crippen molar-refractivity contribution in [2.45, 2.75) is 5.38 Å². The van der Waals surface area contributed by atoms with E-state index in [4.69, 9.17) is 11.6 Å². The third kappa shape index (κ3) is 3.70. The molecule has 1 aromatic heterocycles. The topological polar surface area (TPSA) is 66.9 Å². The second kappa shape index (κ2) is 5.17. The van der Waals surface area contributed by atoms with Crippen LogP contribution < -0.4 is 10.6 Å². The molecule has 0 aliphatic heterocycles. The summed E-state index contributed by atoms with van der Waals surface area (Å²) >= 11 is 5.22. The van der Waals surface area contributed by atoms with Gasteiger partial charge in [0.15, 0.2) is 0 Å². The van der Waals surface area contributed by atoms with E-state index in [9.17, 15) is 13.6 Å². The van der Waals surface area contributed by atoms with Crippen molar-refractivity contribution in [3.63, 3.8) is 0 Å². The van der Waals surface area contributed by atoms with Gasteiger partial charge in [-0.1, -0.05) is 17.4 Å². The lowest BCUT2D eigenvalue weighted by molar-refractivity contribution is 0.0939. The maximum absolute atomic E-state index is 12.5. The van der Waals surface area contributed by atoms with E-state index in [1.807, 2.05) is 0 Å². The molecule has 0 atom stereocenters. The smallest absolute Gasteiger partial charge is 0.334 e. The first kappa shape index (κ1) is 12.8. The van der Waals surface area contributed by atoms with Crippen LogP contribution in [-0.2, 0) is 5.38 Å². The average Bonchev–Trinajstić information content (AvgIpc) is 2.62. The van der Waals surface area contributed by atoms with E-state index in [1.165, 1.54) is 6.08 Å². The van der Waals surface area contributed by atoms with Crippen molar-refractivity contribution in [2.24, 2.45) is 0 Å². The molecule has 0 saturated heterocycles. The van der Waals surface area contributed by atoms with Crippen molar-refractivity contribution < 1.29 is 13.6 Å². The van der Waals surface area contributed by atoms with E-state index in [0.29, 0.717) is 11.3 Å². The molecule has 5 nitrogen and oxygen atoms in total. The Morgan fingerprint density at radius 2 is 2.31 bits per heavy atom. The van der Waals surface area contributed by atoms with E-state index in [1.54, 1.807) is 0 Å². The lowest BCUT2D eigenvalue weighted by Crippen LogP contribution is -2.28. The standard InChI is InChI=1S/C7H7ClF2N4OS/c1-2-3-11-5(15)12-6-14-13-4(16-6)7(8,9)10/h2H,1,3H2,(H2,11,12,14,15). The zero-order valence-corrected chi connectivity index (χ0v) is 9.41. The van der Waals surface area contributed by atoms with Gasteiger partial charge in [0.05, 0.1) is 0 Å². The van der Waals surface area contributed by atoms with Gasteiger partial charge in [0, 0.05) is 6.54 Å². The van der Waals surface area contributed by atoms with Crippen molar-refractivity contribution in [3.05, 3.63) is 17.7 Å². The number of aromatic nitrogens is 2.